The third-order valence-corrected chi connectivity index (χ3v) is 4.12. The van der Waals surface area contributed by atoms with Crippen LogP contribution in [0.2, 0.25) is 0 Å². The van der Waals surface area contributed by atoms with Crippen LogP contribution >= 0.6 is 24.0 Å². The van der Waals surface area contributed by atoms with Gasteiger partial charge in [0.25, 0.3) is 0 Å². The number of hydrogen-bond acceptors (Lipinski definition) is 4. The second-order valence-corrected chi connectivity index (χ2v) is 6.55. The fourth-order valence-corrected chi connectivity index (χ4v) is 2.65. The van der Waals surface area contributed by atoms with Crippen molar-refractivity contribution < 1.29 is 14.2 Å². The highest BCUT2D eigenvalue weighted by molar-refractivity contribution is 14.0. The topological polar surface area (TPSA) is 64.1 Å². The van der Waals surface area contributed by atoms with E-state index in [-0.39, 0.29) is 29.4 Å². The Bertz CT molecular complexity index is 577. The molecule has 148 valence electrons. The smallest absolute Gasteiger partial charge is 0.191 e. The van der Waals surface area contributed by atoms with Crippen LogP contribution in [0.15, 0.2) is 23.2 Å². The van der Waals surface area contributed by atoms with E-state index in [1.165, 1.54) is 5.56 Å². The minimum Gasteiger partial charge on any atom is -0.490 e. The maximum atomic E-state index is 5.68. The normalized spacial score (nSPS) is 15.5. The van der Waals surface area contributed by atoms with Crippen LogP contribution in [0.5, 0.6) is 11.5 Å². The Morgan fingerprint density at radius 1 is 1.15 bits per heavy atom. The van der Waals surface area contributed by atoms with E-state index in [1.807, 2.05) is 19.9 Å². The van der Waals surface area contributed by atoms with Gasteiger partial charge in [0.1, 0.15) is 0 Å². The Morgan fingerprint density at radius 3 is 2.42 bits per heavy atom. The van der Waals surface area contributed by atoms with Gasteiger partial charge in [0.15, 0.2) is 17.5 Å². The van der Waals surface area contributed by atoms with E-state index in [1.54, 1.807) is 7.05 Å². The molecule has 0 bridgehead atoms. The molecular weight excluding hydrogens is 445 g/mol. The second kappa shape index (κ2) is 11.5. The summed E-state index contributed by atoms with van der Waals surface area (Å²) >= 11 is 0. The fourth-order valence-electron chi connectivity index (χ4n) is 2.65. The van der Waals surface area contributed by atoms with Crippen molar-refractivity contribution in [3.63, 3.8) is 0 Å². The van der Waals surface area contributed by atoms with Gasteiger partial charge in [0, 0.05) is 25.6 Å². The molecular formula is C19H32IN3O3. The average Bonchev–Trinajstić information content (AvgIpc) is 2.58. The third-order valence-electron chi connectivity index (χ3n) is 4.12. The third kappa shape index (κ3) is 6.83. The van der Waals surface area contributed by atoms with Crippen molar-refractivity contribution in [3.8, 4) is 11.5 Å². The Balaban J connectivity index is 0.00000338. The molecule has 0 amide bonds. The van der Waals surface area contributed by atoms with E-state index in [2.05, 4.69) is 34.7 Å². The predicted molar refractivity (Wildman–Crippen MR) is 116 cm³/mol. The molecule has 1 aromatic carbocycles. The van der Waals surface area contributed by atoms with Crippen LogP contribution in [-0.4, -0.2) is 52.5 Å². The maximum absolute atomic E-state index is 5.68. The van der Waals surface area contributed by atoms with Crippen molar-refractivity contribution in [1.29, 1.82) is 0 Å². The predicted octanol–water partition coefficient (Wildman–Crippen LogP) is 2.85. The first-order chi connectivity index (χ1) is 12.1. The molecule has 0 radical (unpaired) electrons. The lowest BCUT2D eigenvalue weighted by Gasteiger charge is -2.38. The lowest BCUT2D eigenvalue weighted by molar-refractivity contribution is -0.0971. The molecule has 0 unspecified atom stereocenters. The van der Waals surface area contributed by atoms with E-state index in [0.29, 0.717) is 13.2 Å². The summed E-state index contributed by atoms with van der Waals surface area (Å²) in [5, 5.41) is 6.73. The van der Waals surface area contributed by atoms with Gasteiger partial charge in [-0.05, 0) is 38.0 Å². The molecule has 1 aliphatic rings. The summed E-state index contributed by atoms with van der Waals surface area (Å²) in [4.78, 5) is 4.28. The molecule has 2 rings (SSSR count). The number of ether oxygens (including phenoxy) is 3. The van der Waals surface area contributed by atoms with Gasteiger partial charge < -0.3 is 24.8 Å². The van der Waals surface area contributed by atoms with Gasteiger partial charge in [0.05, 0.1) is 26.4 Å². The molecule has 6 nitrogen and oxygen atoms in total. The SMILES string of the molecule is CCOc1ccc(CCNC(=NC)NCC2(C)COC2)cc1OCC.I. The molecule has 1 fully saturated rings. The maximum Gasteiger partial charge on any atom is 0.191 e. The quantitative estimate of drug-likeness (QED) is 0.326. The van der Waals surface area contributed by atoms with Crippen LogP contribution in [-0.2, 0) is 11.2 Å². The molecule has 1 aromatic rings. The van der Waals surface area contributed by atoms with Gasteiger partial charge in [-0.15, -0.1) is 24.0 Å². The van der Waals surface area contributed by atoms with Crippen LogP contribution in [0, 0.1) is 5.41 Å². The molecule has 1 heterocycles. The fraction of sp³-hybridized carbons (Fsp3) is 0.632. The molecule has 0 aromatic heterocycles. The van der Waals surface area contributed by atoms with Crippen LogP contribution in [0.1, 0.15) is 26.3 Å². The van der Waals surface area contributed by atoms with Crippen LogP contribution in [0.25, 0.3) is 0 Å². The number of aliphatic imine (C=N–C) groups is 1. The molecule has 1 aliphatic heterocycles. The minimum atomic E-state index is 0. The molecule has 1 saturated heterocycles. The summed E-state index contributed by atoms with van der Waals surface area (Å²) in [5.74, 6) is 2.43. The lowest BCUT2D eigenvalue weighted by atomic mass is 9.89. The number of nitrogens with zero attached hydrogens (tertiary/aromatic N) is 1. The second-order valence-electron chi connectivity index (χ2n) is 6.55. The van der Waals surface area contributed by atoms with E-state index in [4.69, 9.17) is 14.2 Å². The van der Waals surface area contributed by atoms with E-state index >= 15 is 0 Å². The van der Waals surface area contributed by atoms with Gasteiger partial charge in [-0.25, -0.2) is 0 Å². The zero-order valence-electron chi connectivity index (χ0n) is 16.3. The first-order valence-electron chi connectivity index (χ1n) is 9.01. The molecule has 0 spiro atoms. The summed E-state index contributed by atoms with van der Waals surface area (Å²) in [6.45, 7) is 10.7. The number of hydrogen-bond donors (Lipinski definition) is 2. The van der Waals surface area contributed by atoms with Crippen molar-refractivity contribution in [1.82, 2.24) is 10.6 Å². The molecule has 26 heavy (non-hydrogen) atoms. The highest BCUT2D eigenvalue weighted by atomic mass is 127. The van der Waals surface area contributed by atoms with E-state index in [0.717, 1.165) is 50.2 Å². The standard InChI is InChI=1S/C19H31N3O3.HI/c1-5-24-16-8-7-15(11-17(16)25-6-2)9-10-21-18(20-4)22-12-19(3)13-23-14-19;/h7-8,11H,5-6,9-10,12-14H2,1-4H3,(H2,20,21,22);1H. The Hall–Kier alpha value is -1.22. The number of guanidine groups is 1. The Kier molecular flexibility index (Phi) is 10.1. The first-order valence-corrected chi connectivity index (χ1v) is 9.01. The zero-order valence-corrected chi connectivity index (χ0v) is 18.6. The summed E-state index contributed by atoms with van der Waals surface area (Å²) in [6, 6.07) is 6.12. The molecule has 2 N–H and O–H groups in total. The number of rotatable bonds is 9. The van der Waals surface area contributed by atoms with Gasteiger partial charge >= 0.3 is 0 Å². The van der Waals surface area contributed by atoms with E-state index in [9.17, 15) is 0 Å². The monoisotopic (exact) mass is 477 g/mol. The van der Waals surface area contributed by atoms with E-state index < -0.39 is 0 Å². The average molecular weight is 477 g/mol. The molecule has 0 aliphatic carbocycles. The summed E-state index contributed by atoms with van der Waals surface area (Å²) in [7, 11) is 1.79. The van der Waals surface area contributed by atoms with Gasteiger partial charge in [-0.3, -0.25) is 4.99 Å². The van der Waals surface area contributed by atoms with Crippen LogP contribution < -0.4 is 20.1 Å². The number of nitrogens with one attached hydrogen (secondary N) is 2. The molecule has 0 saturated carbocycles. The largest absolute Gasteiger partial charge is 0.490 e. The highest BCUT2D eigenvalue weighted by Crippen LogP contribution is 2.28. The molecule has 0 atom stereocenters. The highest BCUT2D eigenvalue weighted by Gasteiger charge is 2.33. The van der Waals surface area contributed by atoms with Gasteiger partial charge in [-0.1, -0.05) is 13.0 Å². The van der Waals surface area contributed by atoms with Crippen molar-refractivity contribution in [2.24, 2.45) is 10.4 Å². The van der Waals surface area contributed by atoms with Crippen LogP contribution in [0.3, 0.4) is 0 Å². The zero-order chi connectivity index (χ0) is 18.1. The van der Waals surface area contributed by atoms with Crippen molar-refractivity contribution >= 4 is 29.9 Å². The van der Waals surface area contributed by atoms with Crippen molar-refractivity contribution in [2.45, 2.75) is 27.2 Å². The molecule has 7 heteroatoms. The summed E-state index contributed by atoms with van der Waals surface area (Å²) in [6.07, 6.45) is 0.882. The van der Waals surface area contributed by atoms with Gasteiger partial charge in [0.2, 0.25) is 0 Å². The van der Waals surface area contributed by atoms with Crippen LogP contribution in [0.4, 0.5) is 0 Å². The Labute approximate surface area is 174 Å². The summed E-state index contributed by atoms with van der Waals surface area (Å²) in [5.41, 5.74) is 1.42. The van der Waals surface area contributed by atoms with Crippen molar-refractivity contribution in [2.75, 3.05) is 46.6 Å². The number of halogens is 1. The minimum absolute atomic E-state index is 0. The van der Waals surface area contributed by atoms with Gasteiger partial charge in [-0.2, -0.15) is 0 Å². The summed E-state index contributed by atoms with van der Waals surface area (Å²) < 4.78 is 16.6. The Morgan fingerprint density at radius 2 is 1.85 bits per heavy atom. The first kappa shape index (κ1) is 22.8. The lowest BCUT2D eigenvalue weighted by Crippen LogP contribution is -2.51. The van der Waals surface area contributed by atoms with Crippen molar-refractivity contribution in [3.05, 3.63) is 23.8 Å². The number of benzene rings is 1.